The van der Waals surface area contributed by atoms with Crippen molar-refractivity contribution < 1.29 is 28.6 Å². The van der Waals surface area contributed by atoms with E-state index in [1.807, 2.05) is 0 Å². The normalized spacial score (nSPS) is 12.6. The second-order valence-corrected chi connectivity index (χ2v) is 17.0. The molecule has 6 heteroatoms. The van der Waals surface area contributed by atoms with Crippen LogP contribution < -0.4 is 0 Å². The second-order valence-electron chi connectivity index (χ2n) is 17.0. The van der Waals surface area contributed by atoms with Crippen LogP contribution in [0.25, 0.3) is 0 Å². The Morgan fingerprint density at radius 3 is 1.03 bits per heavy atom. The van der Waals surface area contributed by atoms with Gasteiger partial charge < -0.3 is 14.2 Å². The Hall–Kier alpha value is -3.15. The van der Waals surface area contributed by atoms with E-state index >= 15 is 0 Å². The number of hydrogen-bond donors (Lipinski definition) is 0. The van der Waals surface area contributed by atoms with Gasteiger partial charge in [-0.15, -0.1) is 0 Å². The summed E-state index contributed by atoms with van der Waals surface area (Å²) in [6.07, 6.45) is 63.1. The fourth-order valence-electron chi connectivity index (χ4n) is 7.01. The van der Waals surface area contributed by atoms with Crippen molar-refractivity contribution in [3.8, 4) is 0 Å². The van der Waals surface area contributed by atoms with E-state index in [9.17, 15) is 14.4 Å². The van der Waals surface area contributed by atoms with Crippen molar-refractivity contribution in [1.29, 1.82) is 0 Å². The molecule has 6 nitrogen and oxygen atoms in total. The summed E-state index contributed by atoms with van der Waals surface area (Å²) in [5.74, 6) is -0.931. The molecule has 0 aromatic heterocycles. The standard InChI is InChI=1S/C56H96O6/c1-4-7-10-13-16-19-22-25-27-28-30-31-34-37-40-43-46-49-55(58)61-52-53(51-60-54(57)48-45-42-39-36-33-24-21-18-15-12-9-6-3)62-56(59)50-47-44-41-38-35-32-29-26-23-20-17-14-11-8-5-2/h7,10,16,18-19,21,25-27,29-31,53H,4-6,8-9,11-15,17,20,22-24,28,32-52H2,1-3H3/b10-7-,19-16-,21-18-,27-25-,29-26-,31-30-. The van der Waals surface area contributed by atoms with Crippen molar-refractivity contribution in [1.82, 2.24) is 0 Å². The van der Waals surface area contributed by atoms with Crippen LogP contribution in [-0.4, -0.2) is 37.2 Å². The van der Waals surface area contributed by atoms with Crippen LogP contribution in [0.5, 0.6) is 0 Å². The molecule has 0 amide bonds. The molecular weight excluding hydrogens is 769 g/mol. The van der Waals surface area contributed by atoms with E-state index < -0.39 is 6.10 Å². The third-order valence-electron chi connectivity index (χ3n) is 10.9. The lowest BCUT2D eigenvalue weighted by atomic mass is 10.1. The Kier molecular flexibility index (Phi) is 47.9. The highest BCUT2D eigenvalue weighted by Gasteiger charge is 2.19. The molecular formula is C56H96O6. The molecule has 0 heterocycles. The first-order valence-electron chi connectivity index (χ1n) is 25.9. The van der Waals surface area contributed by atoms with Gasteiger partial charge in [0.2, 0.25) is 0 Å². The van der Waals surface area contributed by atoms with E-state index in [2.05, 4.69) is 93.7 Å². The molecule has 0 saturated carbocycles. The molecule has 0 aliphatic heterocycles. The van der Waals surface area contributed by atoms with E-state index in [1.165, 1.54) is 89.9 Å². The Labute approximate surface area is 382 Å². The average Bonchev–Trinajstić information content (AvgIpc) is 3.27. The summed E-state index contributed by atoms with van der Waals surface area (Å²) in [4.78, 5) is 38.0. The topological polar surface area (TPSA) is 78.9 Å². The molecule has 0 aliphatic carbocycles. The predicted molar refractivity (Wildman–Crippen MR) is 265 cm³/mol. The van der Waals surface area contributed by atoms with E-state index in [-0.39, 0.29) is 31.1 Å². The fraction of sp³-hybridized carbons (Fsp3) is 0.732. The second kappa shape index (κ2) is 50.5. The zero-order valence-electron chi connectivity index (χ0n) is 40.6. The maximum absolute atomic E-state index is 12.8. The maximum atomic E-state index is 12.8. The molecule has 0 spiro atoms. The monoisotopic (exact) mass is 865 g/mol. The summed E-state index contributed by atoms with van der Waals surface area (Å²) in [6, 6.07) is 0. The fourth-order valence-corrected chi connectivity index (χ4v) is 7.01. The number of hydrogen-bond acceptors (Lipinski definition) is 6. The van der Waals surface area contributed by atoms with E-state index in [4.69, 9.17) is 14.2 Å². The van der Waals surface area contributed by atoms with Gasteiger partial charge in [0.05, 0.1) is 0 Å². The molecule has 1 unspecified atom stereocenters. The molecule has 0 aromatic rings. The first kappa shape index (κ1) is 58.9. The number of unbranched alkanes of at least 4 members (excludes halogenated alkanes) is 23. The van der Waals surface area contributed by atoms with Crippen LogP contribution in [0.4, 0.5) is 0 Å². The van der Waals surface area contributed by atoms with Gasteiger partial charge in [-0.05, 0) is 109 Å². The van der Waals surface area contributed by atoms with E-state index in [0.717, 1.165) is 116 Å². The van der Waals surface area contributed by atoms with Gasteiger partial charge in [0.25, 0.3) is 0 Å². The lowest BCUT2D eigenvalue weighted by molar-refractivity contribution is -0.167. The molecule has 0 radical (unpaired) electrons. The Balaban J connectivity index is 4.44. The Morgan fingerprint density at radius 1 is 0.339 bits per heavy atom. The maximum Gasteiger partial charge on any atom is 0.306 e. The molecule has 0 aliphatic rings. The first-order valence-corrected chi connectivity index (χ1v) is 25.9. The number of carbonyl (C=O) groups excluding carboxylic acids is 3. The van der Waals surface area contributed by atoms with Gasteiger partial charge in [-0.2, -0.15) is 0 Å². The molecule has 0 rings (SSSR count). The van der Waals surface area contributed by atoms with Crippen LogP contribution in [-0.2, 0) is 28.6 Å². The Morgan fingerprint density at radius 2 is 0.629 bits per heavy atom. The van der Waals surface area contributed by atoms with Crippen LogP contribution in [0.1, 0.15) is 245 Å². The number of carbonyl (C=O) groups is 3. The highest BCUT2D eigenvalue weighted by Crippen LogP contribution is 2.13. The van der Waals surface area contributed by atoms with Crippen molar-refractivity contribution in [3.63, 3.8) is 0 Å². The van der Waals surface area contributed by atoms with Crippen LogP contribution in [0.3, 0.4) is 0 Å². The minimum Gasteiger partial charge on any atom is -0.462 e. The van der Waals surface area contributed by atoms with Gasteiger partial charge in [-0.3, -0.25) is 14.4 Å². The molecule has 0 bridgehead atoms. The van der Waals surface area contributed by atoms with E-state index in [1.54, 1.807) is 0 Å². The Bertz CT molecular complexity index is 1180. The van der Waals surface area contributed by atoms with Crippen molar-refractivity contribution in [2.45, 2.75) is 252 Å². The SMILES string of the molecule is CC/C=C\C/C=C\C/C=C\C/C=C\CCCCCCC(=O)OCC(COC(=O)CCCCCCC/C=C\CCCCC)OC(=O)CCCCCCC/C=C\CCCCCCCC. The zero-order valence-corrected chi connectivity index (χ0v) is 40.6. The summed E-state index contributed by atoms with van der Waals surface area (Å²) in [5, 5.41) is 0. The smallest absolute Gasteiger partial charge is 0.306 e. The van der Waals surface area contributed by atoms with Gasteiger partial charge in [0.15, 0.2) is 6.10 Å². The molecule has 62 heavy (non-hydrogen) atoms. The zero-order chi connectivity index (χ0) is 45.1. The number of esters is 3. The highest BCUT2D eigenvalue weighted by molar-refractivity contribution is 5.71. The quantitative estimate of drug-likeness (QED) is 0.0262. The van der Waals surface area contributed by atoms with Crippen molar-refractivity contribution in [3.05, 3.63) is 72.9 Å². The molecule has 0 N–H and O–H groups in total. The predicted octanol–water partition coefficient (Wildman–Crippen LogP) is 17.0. The summed E-state index contributed by atoms with van der Waals surface area (Å²) >= 11 is 0. The van der Waals surface area contributed by atoms with Gasteiger partial charge in [0, 0.05) is 19.3 Å². The lowest BCUT2D eigenvalue weighted by Gasteiger charge is -2.18. The van der Waals surface area contributed by atoms with Crippen molar-refractivity contribution >= 4 is 17.9 Å². The summed E-state index contributed by atoms with van der Waals surface area (Å²) in [6.45, 7) is 6.46. The third kappa shape index (κ3) is 47.9. The van der Waals surface area contributed by atoms with Crippen LogP contribution in [0.15, 0.2) is 72.9 Å². The third-order valence-corrected chi connectivity index (χ3v) is 10.9. The molecule has 1 atom stereocenters. The average molecular weight is 865 g/mol. The molecule has 0 fully saturated rings. The number of ether oxygens (including phenoxy) is 3. The van der Waals surface area contributed by atoms with Gasteiger partial charge in [-0.1, -0.05) is 190 Å². The minimum absolute atomic E-state index is 0.0912. The van der Waals surface area contributed by atoms with Gasteiger partial charge >= 0.3 is 17.9 Å². The van der Waals surface area contributed by atoms with Crippen molar-refractivity contribution in [2.24, 2.45) is 0 Å². The number of allylic oxidation sites excluding steroid dienone is 12. The molecule has 0 aromatic carbocycles. The number of rotatable bonds is 46. The minimum atomic E-state index is -0.792. The van der Waals surface area contributed by atoms with Crippen LogP contribution in [0, 0.1) is 0 Å². The van der Waals surface area contributed by atoms with Crippen molar-refractivity contribution in [2.75, 3.05) is 13.2 Å². The summed E-state index contributed by atoms with van der Waals surface area (Å²) < 4.78 is 16.8. The summed E-state index contributed by atoms with van der Waals surface area (Å²) in [5.41, 5.74) is 0. The molecule has 356 valence electrons. The van der Waals surface area contributed by atoms with E-state index in [0.29, 0.717) is 19.3 Å². The van der Waals surface area contributed by atoms with Crippen LogP contribution in [0.2, 0.25) is 0 Å². The highest BCUT2D eigenvalue weighted by atomic mass is 16.6. The van der Waals surface area contributed by atoms with Crippen LogP contribution >= 0.6 is 0 Å². The molecule has 0 saturated heterocycles. The largest absolute Gasteiger partial charge is 0.462 e. The first-order chi connectivity index (χ1) is 30.5. The van der Waals surface area contributed by atoms with Gasteiger partial charge in [-0.25, -0.2) is 0 Å². The lowest BCUT2D eigenvalue weighted by Crippen LogP contribution is -2.30. The van der Waals surface area contributed by atoms with Gasteiger partial charge in [0.1, 0.15) is 13.2 Å². The summed E-state index contributed by atoms with van der Waals surface area (Å²) in [7, 11) is 0.